The minimum atomic E-state index is -1.02. The number of carboxylic acid groups (broad SMARTS) is 3. The van der Waals surface area contributed by atoms with Gasteiger partial charge in [0, 0.05) is 71.9 Å². The van der Waals surface area contributed by atoms with E-state index in [0.717, 1.165) is 12.8 Å². The molecule has 0 aromatic carbocycles. The highest BCUT2D eigenvalue weighted by Gasteiger charge is 2.21. The molecule has 14 heteroatoms. The summed E-state index contributed by atoms with van der Waals surface area (Å²) >= 11 is 0. The summed E-state index contributed by atoms with van der Waals surface area (Å²) < 4.78 is 0. The van der Waals surface area contributed by atoms with Crippen molar-refractivity contribution in [2.45, 2.75) is 33.1 Å². The standard InChI is InChI=1S/C25H46N6O8/c1-20(2)4-3-6-26-21(32)5-7-27-22(33)16-28-8-10-29(17-23(34)35)12-14-31(19-25(38)39)15-13-30(11-9-28)18-24(36)37/h20H,3-19H2,1-2H3,(H,26,32)(H,27,33)(H,34,35)(H,36,37)(H,38,39). The maximum atomic E-state index is 12.6. The van der Waals surface area contributed by atoms with Gasteiger partial charge in [0.1, 0.15) is 0 Å². The van der Waals surface area contributed by atoms with Crippen LogP contribution in [0.25, 0.3) is 0 Å². The normalized spacial score (nSPS) is 17.2. The molecule has 0 spiro atoms. The zero-order chi connectivity index (χ0) is 29.2. The third-order valence-electron chi connectivity index (χ3n) is 6.33. The lowest BCUT2D eigenvalue weighted by Gasteiger charge is -2.32. The number of nitrogens with one attached hydrogen (secondary N) is 2. The van der Waals surface area contributed by atoms with Gasteiger partial charge in [-0.2, -0.15) is 0 Å². The Labute approximate surface area is 230 Å². The molecule has 0 aromatic heterocycles. The molecule has 14 nitrogen and oxygen atoms in total. The number of amides is 2. The predicted molar refractivity (Wildman–Crippen MR) is 143 cm³/mol. The van der Waals surface area contributed by atoms with Gasteiger partial charge in [-0.3, -0.25) is 43.6 Å². The van der Waals surface area contributed by atoms with Crippen LogP contribution < -0.4 is 10.6 Å². The largest absolute Gasteiger partial charge is 0.480 e. The lowest BCUT2D eigenvalue weighted by Crippen LogP contribution is -2.50. The van der Waals surface area contributed by atoms with Crippen molar-refractivity contribution in [3.05, 3.63) is 0 Å². The minimum absolute atomic E-state index is 0.0168. The van der Waals surface area contributed by atoms with E-state index in [0.29, 0.717) is 64.8 Å². The molecule has 0 bridgehead atoms. The lowest BCUT2D eigenvalue weighted by molar-refractivity contribution is -0.140. The second-order valence-corrected chi connectivity index (χ2v) is 10.3. The summed E-state index contributed by atoms with van der Waals surface area (Å²) in [5, 5.41) is 33.4. The fourth-order valence-electron chi connectivity index (χ4n) is 4.19. The average molecular weight is 559 g/mol. The molecule has 2 amide bonds. The Morgan fingerprint density at radius 3 is 1.31 bits per heavy atom. The van der Waals surface area contributed by atoms with Gasteiger partial charge < -0.3 is 26.0 Å². The number of carboxylic acids is 3. The number of nitrogens with zero attached hydrogens (tertiary/aromatic N) is 4. The minimum Gasteiger partial charge on any atom is -0.480 e. The molecule has 0 aliphatic carbocycles. The van der Waals surface area contributed by atoms with Crippen LogP contribution >= 0.6 is 0 Å². The van der Waals surface area contributed by atoms with Crippen molar-refractivity contribution >= 4 is 29.7 Å². The number of rotatable bonds is 15. The van der Waals surface area contributed by atoms with Crippen LogP contribution in [0.4, 0.5) is 0 Å². The van der Waals surface area contributed by atoms with Crippen LogP contribution in [0.15, 0.2) is 0 Å². The molecule has 1 heterocycles. The van der Waals surface area contributed by atoms with Gasteiger partial charge in [0.25, 0.3) is 0 Å². The van der Waals surface area contributed by atoms with Crippen LogP contribution in [-0.4, -0.2) is 156 Å². The molecule has 0 unspecified atom stereocenters. The van der Waals surface area contributed by atoms with Crippen molar-refractivity contribution in [2.75, 3.05) is 91.6 Å². The molecule has 224 valence electrons. The summed E-state index contributed by atoms with van der Waals surface area (Å²) in [6, 6.07) is 0. The second kappa shape index (κ2) is 19.3. The first-order chi connectivity index (χ1) is 18.4. The zero-order valence-electron chi connectivity index (χ0n) is 23.3. The number of aliphatic carboxylic acids is 3. The van der Waals surface area contributed by atoms with Gasteiger partial charge in [-0.25, -0.2) is 0 Å². The number of hydrogen-bond acceptors (Lipinski definition) is 9. The lowest BCUT2D eigenvalue weighted by atomic mass is 10.1. The average Bonchev–Trinajstić information content (AvgIpc) is 2.82. The molecule has 1 aliphatic rings. The second-order valence-electron chi connectivity index (χ2n) is 10.3. The molecule has 39 heavy (non-hydrogen) atoms. The van der Waals surface area contributed by atoms with Crippen molar-refractivity contribution in [1.29, 1.82) is 0 Å². The first kappa shape index (κ1) is 34.2. The molecule has 1 rings (SSSR count). The molecule has 5 N–H and O–H groups in total. The fourth-order valence-corrected chi connectivity index (χ4v) is 4.19. The Morgan fingerprint density at radius 2 is 0.949 bits per heavy atom. The Balaban J connectivity index is 2.72. The van der Waals surface area contributed by atoms with Gasteiger partial charge in [-0.05, 0) is 18.8 Å². The molecular weight excluding hydrogens is 512 g/mol. The number of carbonyl (C=O) groups excluding carboxylic acids is 2. The highest BCUT2D eigenvalue weighted by atomic mass is 16.4. The van der Waals surface area contributed by atoms with Gasteiger partial charge in [-0.15, -0.1) is 0 Å². The van der Waals surface area contributed by atoms with E-state index < -0.39 is 17.9 Å². The SMILES string of the molecule is CC(C)CCCNC(=O)CCNC(=O)CN1CCN(CC(=O)O)CCN(CC(=O)O)CCN(CC(=O)O)CC1. The Bertz CT molecular complexity index is 765. The Morgan fingerprint density at radius 1 is 0.590 bits per heavy atom. The highest BCUT2D eigenvalue weighted by molar-refractivity contribution is 5.80. The smallest absolute Gasteiger partial charge is 0.317 e. The van der Waals surface area contributed by atoms with Crippen molar-refractivity contribution < 1.29 is 39.3 Å². The fraction of sp³-hybridized carbons (Fsp3) is 0.800. The topological polar surface area (TPSA) is 183 Å². The summed E-state index contributed by atoms with van der Waals surface area (Å²) in [5.74, 6) is -2.87. The summed E-state index contributed by atoms with van der Waals surface area (Å²) in [5.41, 5.74) is 0. The monoisotopic (exact) mass is 558 g/mol. The van der Waals surface area contributed by atoms with Gasteiger partial charge in [0.2, 0.25) is 11.8 Å². The van der Waals surface area contributed by atoms with E-state index in [1.54, 1.807) is 14.7 Å². The van der Waals surface area contributed by atoms with E-state index in [4.69, 9.17) is 0 Å². The quantitative estimate of drug-likeness (QED) is 0.147. The number of carbonyl (C=O) groups is 5. The predicted octanol–water partition coefficient (Wildman–Crippen LogP) is -1.48. The maximum Gasteiger partial charge on any atom is 0.317 e. The van der Waals surface area contributed by atoms with E-state index in [2.05, 4.69) is 24.5 Å². The first-order valence-electron chi connectivity index (χ1n) is 13.5. The van der Waals surface area contributed by atoms with Crippen molar-refractivity contribution in [3.63, 3.8) is 0 Å². The van der Waals surface area contributed by atoms with E-state index in [1.807, 2.05) is 4.90 Å². The summed E-state index contributed by atoms with van der Waals surface area (Å²) in [4.78, 5) is 65.5. The van der Waals surface area contributed by atoms with Gasteiger partial charge in [0.05, 0.1) is 26.2 Å². The van der Waals surface area contributed by atoms with E-state index in [9.17, 15) is 39.3 Å². The maximum absolute atomic E-state index is 12.6. The van der Waals surface area contributed by atoms with Crippen LogP contribution in [0.5, 0.6) is 0 Å². The molecule has 1 saturated heterocycles. The number of hydrogen-bond donors (Lipinski definition) is 5. The molecular formula is C25H46N6O8. The summed E-state index contributed by atoms with van der Waals surface area (Å²) in [6.07, 6.45) is 2.10. The van der Waals surface area contributed by atoms with Crippen LogP contribution in [0, 0.1) is 5.92 Å². The highest BCUT2D eigenvalue weighted by Crippen LogP contribution is 2.03. The Hall–Kier alpha value is -2.81. The molecule has 1 fully saturated rings. The van der Waals surface area contributed by atoms with Crippen molar-refractivity contribution in [2.24, 2.45) is 5.92 Å². The molecule has 0 aromatic rings. The third kappa shape index (κ3) is 18.2. The van der Waals surface area contributed by atoms with E-state index in [-0.39, 0.29) is 51.0 Å². The molecule has 0 radical (unpaired) electrons. The molecule has 0 atom stereocenters. The van der Waals surface area contributed by atoms with Gasteiger partial charge >= 0.3 is 17.9 Å². The van der Waals surface area contributed by atoms with Gasteiger partial charge in [0.15, 0.2) is 0 Å². The van der Waals surface area contributed by atoms with E-state index in [1.165, 1.54) is 0 Å². The van der Waals surface area contributed by atoms with Crippen molar-refractivity contribution in [1.82, 2.24) is 30.2 Å². The van der Waals surface area contributed by atoms with Gasteiger partial charge in [-0.1, -0.05) is 13.8 Å². The van der Waals surface area contributed by atoms with E-state index >= 15 is 0 Å². The third-order valence-corrected chi connectivity index (χ3v) is 6.33. The van der Waals surface area contributed by atoms with Crippen LogP contribution in [0.3, 0.4) is 0 Å². The first-order valence-corrected chi connectivity index (χ1v) is 13.5. The Kier molecular flexibility index (Phi) is 16.9. The molecule has 0 saturated carbocycles. The van der Waals surface area contributed by atoms with Crippen LogP contribution in [0.1, 0.15) is 33.1 Å². The molecule has 1 aliphatic heterocycles. The van der Waals surface area contributed by atoms with Crippen LogP contribution in [-0.2, 0) is 24.0 Å². The van der Waals surface area contributed by atoms with Crippen molar-refractivity contribution in [3.8, 4) is 0 Å². The zero-order valence-corrected chi connectivity index (χ0v) is 23.3. The summed E-state index contributed by atoms with van der Waals surface area (Å²) in [7, 11) is 0. The van der Waals surface area contributed by atoms with Crippen LogP contribution in [0.2, 0.25) is 0 Å². The summed E-state index contributed by atoms with van der Waals surface area (Å²) in [6.45, 7) is 6.99.